The van der Waals surface area contributed by atoms with Crippen molar-refractivity contribution in [2.24, 2.45) is 11.7 Å². The monoisotopic (exact) mass is 151 g/mol. The maximum atomic E-state index is 5.84. The predicted octanol–water partition coefficient (Wildman–Crippen LogP) is 1.13. The second kappa shape index (κ2) is 3.44. The third-order valence-electron chi connectivity index (χ3n) is 1.64. The van der Waals surface area contributed by atoms with Gasteiger partial charge < -0.3 is 5.73 Å². The summed E-state index contributed by atoms with van der Waals surface area (Å²) in [6.45, 7) is 4.14. The lowest BCUT2D eigenvalue weighted by molar-refractivity contribution is 0.501. The molecule has 0 aliphatic rings. The highest BCUT2D eigenvalue weighted by Crippen LogP contribution is 2.14. The molecule has 3 heteroatoms. The summed E-state index contributed by atoms with van der Waals surface area (Å²) in [6, 6.07) is 0.00343. The van der Waals surface area contributed by atoms with Gasteiger partial charge in [-0.1, -0.05) is 13.8 Å². The maximum absolute atomic E-state index is 5.84. The molecule has 1 unspecified atom stereocenters. The molecule has 3 nitrogen and oxygen atoms in total. The number of aromatic nitrogens is 2. The Morgan fingerprint density at radius 3 is 2.55 bits per heavy atom. The van der Waals surface area contributed by atoms with Gasteiger partial charge in [0.25, 0.3) is 0 Å². The van der Waals surface area contributed by atoms with Crippen molar-refractivity contribution in [1.82, 2.24) is 9.97 Å². The van der Waals surface area contributed by atoms with Crippen LogP contribution in [-0.2, 0) is 0 Å². The molecular formula is C8H13N3. The van der Waals surface area contributed by atoms with Gasteiger partial charge in [0.15, 0.2) is 0 Å². The van der Waals surface area contributed by atoms with Gasteiger partial charge in [-0.3, -0.25) is 9.97 Å². The molecule has 0 aliphatic carbocycles. The van der Waals surface area contributed by atoms with Crippen LogP contribution in [0.4, 0.5) is 0 Å². The smallest absolute Gasteiger partial charge is 0.0756 e. The summed E-state index contributed by atoms with van der Waals surface area (Å²) in [5, 5.41) is 0. The topological polar surface area (TPSA) is 51.8 Å². The SMILES string of the molecule is CC(C)C(N)c1cnccn1. The highest BCUT2D eigenvalue weighted by molar-refractivity contribution is 5.01. The summed E-state index contributed by atoms with van der Waals surface area (Å²) in [5.74, 6) is 0.409. The van der Waals surface area contributed by atoms with Crippen molar-refractivity contribution in [1.29, 1.82) is 0 Å². The van der Waals surface area contributed by atoms with E-state index >= 15 is 0 Å². The van der Waals surface area contributed by atoms with E-state index in [9.17, 15) is 0 Å². The van der Waals surface area contributed by atoms with Crippen LogP contribution in [0.1, 0.15) is 25.6 Å². The van der Waals surface area contributed by atoms with Gasteiger partial charge in [-0.2, -0.15) is 0 Å². The Hall–Kier alpha value is -0.960. The summed E-state index contributed by atoms with van der Waals surface area (Å²) in [5.41, 5.74) is 6.70. The van der Waals surface area contributed by atoms with Crippen molar-refractivity contribution in [3.05, 3.63) is 24.3 Å². The zero-order valence-corrected chi connectivity index (χ0v) is 6.86. The summed E-state index contributed by atoms with van der Waals surface area (Å²) in [4.78, 5) is 8.06. The van der Waals surface area contributed by atoms with Crippen LogP contribution in [0, 0.1) is 5.92 Å². The standard InChI is InChI=1S/C8H13N3/c1-6(2)8(9)7-5-10-3-4-11-7/h3-6,8H,9H2,1-2H3. The molecule has 0 fully saturated rings. The van der Waals surface area contributed by atoms with Gasteiger partial charge in [0.1, 0.15) is 0 Å². The van der Waals surface area contributed by atoms with Crippen molar-refractivity contribution in [3.63, 3.8) is 0 Å². The predicted molar refractivity (Wildman–Crippen MR) is 43.8 cm³/mol. The number of nitrogens with two attached hydrogens (primary N) is 1. The van der Waals surface area contributed by atoms with E-state index in [-0.39, 0.29) is 6.04 Å². The van der Waals surface area contributed by atoms with Crippen LogP contribution in [0.3, 0.4) is 0 Å². The number of rotatable bonds is 2. The normalized spacial score (nSPS) is 13.5. The Kier molecular flexibility index (Phi) is 2.54. The summed E-state index contributed by atoms with van der Waals surface area (Å²) >= 11 is 0. The Labute approximate surface area is 66.7 Å². The minimum absolute atomic E-state index is 0.00343. The number of hydrogen-bond donors (Lipinski definition) is 1. The Bertz CT molecular complexity index is 208. The van der Waals surface area contributed by atoms with E-state index in [1.165, 1.54) is 0 Å². The first-order valence-corrected chi connectivity index (χ1v) is 3.73. The fraction of sp³-hybridized carbons (Fsp3) is 0.500. The van der Waals surface area contributed by atoms with Crippen LogP contribution in [0.2, 0.25) is 0 Å². The Balaban J connectivity index is 2.77. The fourth-order valence-corrected chi connectivity index (χ4v) is 0.824. The summed E-state index contributed by atoms with van der Waals surface area (Å²) < 4.78 is 0. The van der Waals surface area contributed by atoms with Gasteiger partial charge in [0.2, 0.25) is 0 Å². The van der Waals surface area contributed by atoms with E-state index in [0.29, 0.717) is 5.92 Å². The first-order chi connectivity index (χ1) is 5.22. The average molecular weight is 151 g/mol. The molecule has 0 aliphatic heterocycles. The second-order valence-electron chi connectivity index (χ2n) is 2.90. The minimum Gasteiger partial charge on any atom is -0.322 e. The van der Waals surface area contributed by atoms with Crippen LogP contribution < -0.4 is 5.73 Å². The molecule has 1 heterocycles. The molecule has 1 aromatic rings. The lowest BCUT2D eigenvalue weighted by Gasteiger charge is -2.13. The molecule has 0 saturated carbocycles. The summed E-state index contributed by atoms with van der Waals surface area (Å²) in [6.07, 6.45) is 5.03. The Morgan fingerprint density at radius 2 is 2.09 bits per heavy atom. The van der Waals surface area contributed by atoms with Gasteiger partial charge >= 0.3 is 0 Å². The largest absolute Gasteiger partial charge is 0.322 e. The van der Waals surface area contributed by atoms with E-state index < -0.39 is 0 Å². The van der Waals surface area contributed by atoms with Gasteiger partial charge in [0, 0.05) is 18.6 Å². The molecule has 0 aromatic carbocycles. The molecule has 11 heavy (non-hydrogen) atoms. The Morgan fingerprint density at radius 1 is 1.36 bits per heavy atom. The molecule has 1 aromatic heterocycles. The third kappa shape index (κ3) is 1.98. The lowest BCUT2D eigenvalue weighted by Crippen LogP contribution is -2.17. The van der Waals surface area contributed by atoms with Crippen LogP contribution in [-0.4, -0.2) is 9.97 Å². The van der Waals surface area contributed by atoms with E-state index in [4.69, 9.17) is 5.73 Å². The molecule has 1 rings (SSSR count). The van der Waals surface area contributed by atoms with Crippen molar-refractivity contribution in [2.75, 3.05) is 0 Å². The van der Waals surface area contributed by atoms with Crippen LogP contribution in [0.5, 0.6) is 0 Å². The van der Waals surface area contributed by atoms with E-state index in [2.05, 4.69) is 23.8 Å². The van der Waals surface area contributed by atoms with Crippen molar-refractivity contribution < 1.29 is 0 Å². The maximum Gasteiger partial charge on any atom is 0.0756 e. The molecule has 60 valence electrons. The molecule has 0 amide bonds. The highest BCUT2D eigenvalue weighted by atomic mass is 14.8. The van der Waals surface area contributed by atoms with E-state index in [1.54, 1.807) is 18.6 Å². The quantitative estimate of drug-likeness (QED) is 0.689. The molecule has 1 atom stereocenters. The minimum atomic E-state index is 0.00343. The van der Waals surface area contributed by atoms with E-state index in [1.807, 2.05) is 0 Å². The zero-order chi connectivity index (χ0) is 8.27. The van der Waals surface area contributed by atoms with Crippen molar-refractivity contribution in [2.45, 2.75) is 19.9 Å². The average Bonchev–Trinajstić information content (AvgIpc) is 2.05. The molecule has 0 bridgehead atoms. The fourth-order valence-electron chi connectivity index (χ4n) is 0.824. The van der Waals surface area contributed by atoms with Gasteiger partial charge in [0.05, 0.1) is 11.7 Å². The van der Waals surface area contributed by atoms with Crippen LogP contribution in [0.25, 0.3) is 0 Å². The molecule has 2 N–H and O–H groups in total. The second-order valence-corrected chi connectivity index (χ2v) is 2.90. The third-order valence-corrected chi connectivity index (χ3v) is 1.64. The van der Waals surface area contributed by atoms with Crippen molar-refractivity contribution >= 4 is 0 Å². The van der Waals surface area contributed by atoms with E-state index in [0.717, 1.165) is 5.69 Å². The van der Waals surface area contributed by atoms with Gasteiger partial charge in [-0.05, 0) is 5.92 Å². The van der Waals surface area contributed by atoms with Gasteiger partial charge in [-0.25, -0.2) is 0 Å². The molecule has 0 spiro atoms. The van der Waals surface area contributed by atoms with Crippen LogP contribution >= 0.6 is 0 Å². The first kappa shape index (κ1) is 8.14. The van der Waals surface area contributed by atoms with Crippen LogP contribution in [0.15, 0.2) is 18.6 Å². The highest BCUT2D eigenvalue weighted by Gasteiger charge is 2.10. The lowest BCUT2D eigenvalue weighted by atomic mass is 10.0. The molecule has 0 saturated heterocycles. The molecular weight excluding hydrogens is 138 g/mol. The first-order valence-electron chi connectivity index (χ1n) is 3.73. The number of nitrogens with zero attached hydrogens (tertiary/aromatic N) is 2. The molecule has 0 radical (unpaired) electrons. The summed E-state index contributed by atoms with van der Waals surface area (Å²) in [7, 11) is 0. The van der Waals surface area contributed by atoms with Gasteiger partial charge in [-0.15, -0.1) is 0 Å². The van der Waals surface area contributed by atoms with Crippen molar-refractivity contribution in [3.8, 4) is 0 Å². The zero-order valence-electron chi connectivity index (χ0n) is 6.86. The number of hydrogen-bond acceptors (Lipinski definition) is 3.